The molecule has 0 radical (unpaired) electrons. The van der Waals surface area contributed by atoms with Crippen LogP contribution in [0.3, 0.4) is 0 Å². The summed E-state index contributed by atoms with van der Waals surface area (Å²) >= 11 is 0. The van der Waals surface area contributed by atoms with Gasteiger partial charge in [-0.05, 0) is 25.8 Å². The van der Waals surface area contributed by atoms with Crippen LogP contribution in [0.4, 0.5) is 0 Å². The van der Waals surface area contributed by atoms with Crippen LogP contribution in [0.25, 0.3) is 0 Å². The zero-order valence-corrected chi connectivity index (χ0v) is 7.85. The molecule has 11 heavy (non-hydrogen) atoms. The fourth-order valence-corrected chi connectivity index (χ4v) is 0.898. The van der Waals surface area contributed by atoms with Crippen LogP contribution in [0.5, 0.6) is 0 Å². The maximum Gasteiger partial charge on any atom is -0.0282 e. The van der Waals surface area contributed by atoms with Crippen molar-refractivity contribution in [1.29, 1.82) is 0 Å². The maximum atomic E-state index is 3.77. The summed E-state index contributed by atoms with van der Waals surface area (Å²) < 4.78 is 0. The van der Waals surface area contributed by atoms with Crippen molar-refractivity contribution in [1.82, 2.24) is 0 Å². The number of hydrogen-bond acceptors (Lipinski definition) is 0. The van der Waals surface area contributed by atoms with Gasteiger partial charge in [-0.3, -0.25) is 0 Å². The van der Waals surface area contributed by atoms with Gasteiger partial charge >= 0.3 is 0 Å². The van der Waals surface area contributed by atoms with Gasteiger partial charge in [-0.25, -0.2) is 0 Å². The van der Waals surface area contributed by atoms with E-state index in [0.29, 0.717) is 0 Å². The average molecular weight is 150 g/mol. The normalized spacial score (nSPS) is 13.4. The Hall–Kier alpha value is -0.780. The Balaban J connectivity index is 4.22. The van der Waals surface area contributed by atoms with E-state index in [1.807, 2.05) is 6.08 Å². The zero-order valence-electron chi connectivity index (χ0n) is 7.85. The fourth-order valence-electron chi connectivity index (χ4n) is 0.898. The fraction of sp³-hybridized carbons (Fsp3) is 0.455. The van der Waals surface area contributed by atoms with Crippen molar-refractivity contribution in [2.45, 2.75) is 33.6 Å². The van der Waals surface area contributed by atoms with Crippen LogP contribution in [0.15, 0.2) is 36.0 Å². The summed E-state index contributed by atoms with van der Waals surface area (Å²) in [5, 5.41) is 0. The molecule has 0 heteroatoms. The average Bonchev–Trinajstić information content (AvgIpc) is 2.03. The second kappa shape index (κ2) is 5.96. The Morgan fingerprint density at radius 1 is 1.45 bits per heavy atom. The lowest BCUT2D eigenvalue weighted by Crippen LogP contribution is -1.78. The standard InChI is InChI=1S/C11H18/c1-5-8-11(7-3)9-10(4)6-2/h6-7,9H,3,5,8H2,1-2,4H3/b10-6-,11-9+. The van der Waals surface area contributed by atoms with Gasteiger partial charge in [-0.2, -0.15) is 0 Å². The van der Waals surface area contributed by atoms with E-state index in [2.05, 4.69) is 39.5 Å². The molecular formula is C11H18. The van der Waals surface area contributed by atoms with Crippen LogP contribution in [0.1, 0.15) is 33.6 Å². The molecule has 0 aromatic carbocycles. The molecule has 0 aliphatic carbocycles. The summed E-state index contributed by atoms with van der Waals surface area (Å²) in [4.78, 5) is 0. The lowest BCUT2D eigenvalue weighted by molar-refractivity contribution is 0.925. The summed E-state index contributed by atoms with van der Waals surface area (Å²) in [6.07, 6.45) is 8.57. The van der Waals surface area contributed by atoms with Crippen LogP contribution >= 0.6 is 0 Å². The van der Waals surface area contributed by atoms with Crippen molar-refractivity contribution in [3.8, 4) is 0 Å². The molecule has 0 spiro atoms. The molecule has 0 aliphatic heterocycles. The quantitative estimate of drug-likeness (QED) is 0.534. The first-order chi connectivity index (χ1) is 5.24. The van der Waals surface area contributed by atoms with E-state index >= 15 is 0 Å². The van der Waals surface area contributed by atoms with E-state index in [4.69, 9.17) is 0 Å². The van der Waals surface area contributed by atoms with E-state index in [1.165, 1.54) is 17.6 Å². The van der Waals surface area contributed by atoms with Crippen LogP contribution in [0, 0.1) is 0 Å². The van der Waals surface area contributed by atoms with Crippen molar-refractivity contribution in [2.24, 2.45) is 0 Å². The minimum Gasteiger partial charge on any atom is -0.0988 e. The van der Waals surface area contributed by atoms with Crippen molar-refractivity contribution in [3.05, 3.63) is 36.0 Å². The smallest absolute Gasteiger partial charge is 0.0282 e. The molecule has 0 atom stereocenters. The molecular weight excluding hydrogens is 132 g/mol. The van der Waals surface area contributed by atoms with Gasteiger partial charge in [0.05, 0.1) is 0 Å². The highest BCUT2D eigenvalue weighted by Crippen LogP contribution is 2.09. The molecule has 0 N–H and O–H groups in total. The van der Waals surface area contributed by atoms with Crippen LogP contribution in [-0.4, -0.2) is 0 Å². The maximum absolute atomic E-state index is 3.77. The first-order valence-electron chi connectivity index (χ1n) is 4.20. The highest BCUT2D eigenvalue weighted by Gasteiger charge is 1.88. The molecule has 0 bridgehead atoms. The monoisotopic (exact) mass is 150 g/mol. The molecule has 0 nitrogen and oxygen atoms in total. The molecule has 0 fully saturated rings. The lowest BCUT2D eigenvalue weighted by atomic mass is 10.1. The van der Waals surface area contributed by atoms with Crippen LogP contribution in [-0.2, 0) is 0 Å². The Bertz CT molecular complexity index is 170. The first kappa shape index (κ1) is 10.2. The van der Waals surface area contributed by atoms with Gasteiger partial charge in [-0.15, -0.1) is 0 Å². The predicted octanol–water partition coefficient (Wildman–Crippen LogP) is 3.87. The van der Waals surface area contributed by atoms with Crippen molar-refractivity contribution in [2.75, 3.05) is 0 Å². The summed E-state index contributed by atoms with van der Waals surface area (Å²) in [7, 11) is 0. The summed E-state index contributed by atoms with van der Waals surface area (Å²) in [6.45, 7) is 10.1. The molecule has 0 aliphatic rings. The third kappa shape index (κ3) is 4.60. The van der Waals surface area contributed by atoms with E-state index in [-0.39, 0.29) is 0 Å². The Morgan fingerprint density at radius 3 is 2.45 bits per heavy atom. The Morgan fingerprint density at radius 2 is 2.09 bits per heavy atom. The highest BCUT2D eigenvalue weighted by atomic mass is 13.9. The molecule has 0 unspecified atom stereocenters. The minimum atomic E-state index is 1.13. The Kier molecular flexibility index (Phi) is 5.54. The molecule has 0 aromatic rings. The molecule has 0 heterocycles. The predicted molar refractivity (Wildman–Crippen MR) is 52.6 cm³/mol. The van der Waals surface area contributed by atoms with Crippen molar-refractivity contribution < 1.29 is 0 Å². The van der Waals surface area contributed by atoms with E-state index in [9.17, 15) is 0 Å². The number of hydrogen-bond donors (Lipinski definition) is 0. The number of rotatable bonds is 4. The number of allylic oxidation sites excluding steroid dienone is 5. The van der Waals surface area contributed by atoms with Gasteiger partial charge in [0.15, 0.2) is 0 Å². The topological polar surface area (TPSA) is 0 Å². The summed E-state index contributed by atoms with van der Waals surface area (Å²) in [5.74, 6) is 0. The molecule has 0 amide bonds. The van der Waals surface area contributed by atoms with Gasteiger partial charge in [0, 0.05) is 0 Å². The second-order valence-corrected chi connectivity index (χ2v) is 2.71. The third-order valence-corrected chi connectivity index (χ3v) is 1.67. The molecule has 0 saturated heterocycles. The molecule has 0 saturated carbocycles. The van der Waals surface area contributed by atoms with E-state index in [1.54, 1.807) is 0 Å². The van der Waals surface area contributed by atoms with Gasteiger partial charge in [0.2, 0.25) is 0 Å². The highest BCUT2D eigenvalue weighted by molar-refractivity contribution is 5.27. The van der Waals surface area contributed by atoms with Crippen LogP contribution < -0.4 is 0 Å². The zero-order chi connectivity index (χ0) is 8.69. The molecule has 0 rings (SSSR count). The first-order valence-corrected chi connectivity index (χ1v) is 4.20. The SMILES string of the molecule is C=C/C(=C\C(C)=C/C)CCC. The van der Waals surface area contributed by atoms with E-state index in [0.717, 1.165) is 6.42 Å². The van der Waals surface area contributed by atoms with Gasteiger partial charge in [0.1, 0.15) is 0 Å². The molecule has 62 valence electrons. The third-order valence-electron chi connectivity index (χ3n) is 1.67. The van der Waals surface area contributed by atoms with Gasteiger partial charge in [0.25, 0.3) is 0 Å². The van der Waals surface area contributed by atoms with Crippen molar-refractivity contribution in [3.63, 3.8) is 0 Å². The van der Waals surface area contributed by atoms with Gasteiger partial charge in [-0.1, -0.05) is 43.7 Å². The largest absolute Gasteiger partial charge is 0.0988 e. The van der Waals surface area contributed by atoms with Crippen molar-refractivity contribution >= 4 is 0 Å². The summed E-state index contributed by atoms with van der Waals surface area (Å²) in [6, 6.07) is 0. The van der Waals surface area contributed by atoms with Gasteiger partial charge < -0.3 is 0 Å². The lowest BCUT2D eigenvalue weighted by Gasteiger charge is -1.98. The minimum absolute atomic E-state index is 1.13. The van der Waals surface area contributed by atoms with Crippen LogP contribution in [0.2, 0.25) is 0 Å². The summed E-state index contributed by atoms with van der Waals surface area (Å²) in [5.41, 5.74) is 2.65. The van der Waals surface area contributed by atoms with E-state index < -0.39 is 0 Å². The second-order valence-electron chi connectivity index (χ2n) is 2.71. The Labute approximate surface area is 70.3 Å². The molecule has 0 aromatic heterocycles.